The highest BCUT2D eigenvalue weighted by Gasteiger charge is 2.19. The number of anilines is 1. The first-order chi connectivity index (χ1) is 16.3. The molecule has 34 heavy (non-hydrogen) atoms. The molecule has 3 heterocycles. The fourth-order valence-electron chi connectivity index (χ4n) is 3.67. The summed E-state index contributed by atoms with van der Waals surface area (Å²) in [5.41, 5.74) is 6.15. The standard InChI is InChI=1S/C25H25N7O2/c1-25(2,3)22-13-24(34-29-22)27-23(33)11-16-5-8-19(9-6-16)32-21-10-7-17(12-20(21)28-30-32)18-14-26-31(4)15-18/h5-10,12-15H,11H2,1-4H3,(H,27,33). The maximum atomic E-state index is 12.4. The molecular weight excluding hydrogens is 430 g/mol. The Morgan fingerprint density at radius 2 is 1.85 bits per heavy atom. The normalized spacial score (nSPS) is 11.8. The molecule has 0 unspecified atom stereocenters. The molecule has 0 fully saturated rings. The first-order valence-corrected chi connectivity index (χ1v) is 11.0. The highest BCUT2D eigenvalue weighted by molar-refractivity contribution is 5.91. The van der Waals surface area contributed by atoms with Crippen molar-refractivity contribution in [3.05, 3.63) is 72.2 Å². The molecule has 3 aromatic heterocycles. The number of hydrogen-bond acceptors (Lipinski definition) is 6. The second-order valence-corrected chi connectivity index (χ2v) is 9.33. The average molecular weight is 456 g/mol. The number of rotatable bonds is 5. The van der Waals surface area contributed by atoms with Crippen LogP contribution in [-0.4, -0.2) is 35.8 Å². The van der Waals surface area contributed by atoms with Crippen molar-refractivity contribution < 1.29 is 9.32 Å². The zero-order valence-electron chi connectivity index (χ0n) is 19.5. The van der Waals surface area contributed by atoms with Crippen molar-refractivity contribution in [2.24, 2.45) is 7.05 Å². The van der Waals surface area contributed by atoms with Gasteiger partial charge in [-0.15, -0.1) is 5.10 Å². The third kappa shape index (κ3) is 4.32. The fraction of sp³-hybridized carbons (Fsp3) is 0.240. The number of carbonyl (C=O) groups is 1. The van der Waals surface area contributed by atoms with Crippen molar-refractivity contribution in [3.63, 3.8) is 0 Å². The van der Waals surface area contributed by atoms with Crippen LogP contribution in [0.15, 0.2) is 65.4 Å². The van der Waals surface area contributed by atoms with Gasteiger partial charge in [0, 0.05) is 30.3 Å². The number of nitrogens with zero attached hydrogens (tertiary/aromatic N) is 6. The Labute approximate surface area is 196 Å². The molecule has 0 aliphatic carbocycles. The Bertz CT molecular complexity index is 1470. The second kappa shape index (κ2) is 8.26. The van der Waals surface area contributed by atoms with E-state index in [-0.39, 0.29) is 17.7 Å². The zero-order valence-corrected chi connectivity index (χ0v) is 19.5. The third-order valence-corrected chi connectivity index (χ3v) is 5.57. The number of amides is 1. The van der Waals surface area contributed by atoms with Crippen LogP contribution in [0.5, 0.6) is 0 Å². The van der Waals surface area contributed by atoms with Crippen LogP contribution in [0, 0.1) is 0 Å². The predicted octanol–water partition coefficient (Wildman–Crippen LogP) is 4.29. The molecule has 5 rings (SSSR count). The SMILES string of the molecule is Cn1cc(-c2ccc3c(c2)nnn3-c2ccc(CC(=O)Nc3cc(C(C)(C)C)no3)cc2)cn1. The fourth-order valence-corrected chi connectivity index (χ4v) is 3.67. The molecule has 5 aromatic rings. The van der Waals surface area contributed by atoms with Crippen LogP contribution in [0.2, 0.25) is 0 Å². The highest BCUT2D eigenvalue weighted by atomic mass is 16.5. The first-order valence-electron chi connectivity index (χ1n) is 11.0. The second-order valence-electron chi connectivity index (χ2n) is 9.33. The number of aryl methyl sites for hydroxylation is 1. The van der Waals surface area contributed by atoms with E-state index in [0.29, 0.717) is 5.88 Å². The monoisotopic (exact) mass is 455 g/mol. The van der Waals surface area contributed by atoms with Gasteiger partial charge in [-0.1, -0.05) is 49.3 Å². The van der Waals surface area contributed by atoms with Gasteiger partial charge < -0.3 is 4.52 Å². The van der Waals surface area contributed by atoms with Crippen molar-refractivity contribution in [1.82, 2.24) is 29.9 Å². The molecule has 0 saturated carbocycles. The number of benzene rings is 2. The third-order valence-electron chi connectivity index (χ3n) is 5.57. The molecule has 0 bridgehead atoms. The summed E-state index contributed by atoms with van der Waals surface area (Å²) < 4.78 is 8.80. The molecule has 0 radical (unpaired) electrons. The number of hydrogen-bond donors (Lipinski definition) is 1. The molecule has 9 heteroatoms. The van der Waals surface area contributed by atoms with E-state index in [0.717, 1.165) is 39.1 Å². The van der Waals surface area contributed by atoms with Gasteiger partial charge in [0.05, 0.1) is 29.5 Å². The van der Waals surface area contributed by atoms with Gasteiger partial charge in [0.25, 0.3) is 0 Å². The predicted molar refractivity (Wildman–Crippen MR) is 129 cm³/mol. The summed E-state index contributed by atoms with van der Waals surface area (Å²) in [6.45, 7) is 6.11. The van der Waals surface area contributed by atoms with Crippen molar-refractivity contribution in [2.75, 3.05) is 5.32 Å². The van der Waals surface area contributed by atoms with Crippen LogP contribution in [0.25, 0.3) is 27.8 Å². The Balaban J connectivity index is 1.29. The molecule has 0 saturated heterocycles. The van der Waals surface area contributed by atoms with Gasteiger partial charge in [0.2, 0.25) is 11.8 Å². The summed E-state index contributed by atoms with van der Waals surface area (Å²) in [7, 11) is 1.89. The lowest BCUT2D eigenvalue weighted by Crippen LogP contribution is -2.14. The zero-order chi connectivity index (χ0) is 23.9. The quantitative estimate of drug-likeness (QED) is 0.424. The lowest BCUT2D eigenvalue weighted by Gasteiger charge is -2.12. The Kier molecular flexibility index (Phi) is 5.24. The summed E-state index contributed by atoms with van der Waals surface area (Å²) in [5, 5.41) is 19.7. The minimum absolute atomic E-state index is 0.145. The van der Waals surface area contributed by atoms with Gasteiger partial charge >= 0.3 is 0 Å². The maximum Gasteiger partial charge on any atom is 0.231 e. The molecule has 2 aromatic carbocycles. The highest BCUT2D eigenvalue weighted by Crippen LogP contribution is 2.25. The van der Waals surface area contributed by atoms with Crippen LogP contribution in [0.3, 0.4) is 0 Å². The van der Waals surface area contributed by atoms with E-state index in [2.05, 4.69) is 25.9 Å². The summed E-state index contributed by atoms with van der Waals surface area (Å²) in [6, 6.07) is 15.5. The molecular formula is C25H25N7O2. The van der Waals surface area contributed by atoms with Crippen molar-refractivity contribution >= 4 is 22.8 Å². The number of nitrogens with one attached hydrogen (secondary N) is 1. The molecule has 0 spiro atoms. The topological polar surface area (TPSA) is 104 Å². The van der Waals surface area contributed by atoms with Crippen LogP contribution in [-0.2, 0) is 23.7 Å². The van der Waals surface area contributed by atoms with Gasteiger partial charge in [-0.05, 0) is 35.4 Å². The molecule has 0 atom stereocenters. The lowest BCUT2D eigenvalue weighted by atomic mass is 9.92. The van der Waals surface area contributed by atoms with E-state index in [1.54, 1.807) is 15.4 Å². The largest absolute Gasteiger partial charge is 0.338 e. The van der Waals surface area contributed by atoms with Crippen molar-refractivity contribution in [1.29, 1.82) is 0 Å². The van der Waals surface area contributed by atoms with E-state index in [4.69, 9.17) is 4.52 Å². The first kappa shape index (κ1) is 21.6. The molecule has 0 aliphatic heterocycles. The van der Waals surface area contributed by atoms with E-state index in [9.17, 15) is 4.79 Å². The van der Waals surface area contributed by atoms with Gasteiger partial charge in [-0.25, -0.2) is 4.68 Å². The summed E-state index contributed by atoms with van der Waals surface area (Å²) in [6.07, 6.45) is 4.01. The Morgan fingerprint density at radius 3 is 2.53 bits per heavy atom. The Hall–Kier alpha value is -4.27. The van der Waals surface area contributed by atoms with Gasteiger partial charge in [-0.3, -0.25) is 14.8 Å². The molecule has 0 aliphatic rings. The van der Waals surface area contributed by atoms with E-state index in [1.165, 1.54) is 0 Å². The summed E-state index contributed by atoms with van der Waals surface area (Å²) in [4.78, 5) is 12.4. The van der Waals surface area contributed by atoms with E-state index >= 15 is 0 Å². The summed E-state index contributed by atoms with van der Waals surface area (Å²) >= 11 is 0. The van der Waals surface area contributed by atoms with Gasteiger partial charge in [-0.2, -0.15) is 5.10 Å². The molecule has 9 nitrogen and oxygen atoms in total. The van der Waals surface area contributed by atoms with Crippen molar-refractivity contribution in [3.8, 4) is 16.8 Å². The average Bonchev–Trinajstić information content (AvgIpc) is 3.53. The van der Waals surface area contributed by atoms with Crippen molar-refractivity contribution in [2.45, 2.75) is 32.6 Å². The molecule has 1 N–H and O–H groups in total. The summed E-state index contributed by atoms with van der Waals surface area (Å²) in [5.74, 6) is 0.185. The van der Waals surface area contributed by atoms with Gasteiger partial charge in [0.1, 0.15) is 5.52 Å². The van der Waals surface area contributed by atoms with Crippen LogP contribution >= 0.6 is 0 Å². The van der Waals surface area contributed by atoms with Crippen LogP contribution < -0.4 is 5.32 Å². The Morgan fingerprint density at radius 1 is 1.06 bits per heavy atom. The lowest BCUT2D eigenvalue weighted by molar-refractivity contribution is -0.115. The van der Waals surface area contributed by atoms with Crippen LogP contribution in [0.1, 0.15) is 32.0 Å². The van der Waals surface area contributed by atoms with E-state index in [1.807, 2.05) is 82.7 Å². The molecule has 172 valence electrons. The van der Waals surface area contributed by atoms with Gasteiger partial charge in [0.15, 0.2) is 0 Å². The number of fused-ring (bicyclic) bond motifs is 1. The number of carbonyl (C=O) groups excluding carboxylic acids is 1. The maximum absolute atomic E-state index is 12.4. The van der Waals surface area contributed by atoms with E-state index < -0.39 is 0 Å². The molecule has 1 amide bonds. The minimum Gasteiger partial charge on any atom is -0.338 e. The smallest absolute Gasteiger partial charge is 0.231 e. The minimum atomic E-state index is -0.168. The van der Waals surface area contributed by atoms with Crippen LogP contribution in [0.4, 0.5) is 5.88 Å². The number of aromatic nitrogens is 6.